The average molecular weight is 579 g/mol. The number of benzene rings is 3. The maximum atomic E-state index is 12.1. The van der Waals surface area contributed by atoms with Gasteiger partial charge in [-0.25, -0.2) is 5.43 Å². The summed E-state index contributed by atoms with van der Waals surface area (Å²) in [5.41, 5.74) is 4.49. The fourth-order valence-electron chi connectivity index (χ4n) is 2.88. The van der Waals surface area contributed by atoms with Gasteiger partial charge in [0.05, 0.1) is 17.8 Å². The van der Waals surface area contributed by atoms with Gasteiger partial charge in [-0.2, -0.15) is 5.10 Å². The largest absolute Gasteiger partial charge is 0.497 e. The van der Waals surface area contributed by atoms with Gasteiger partial charge in [-0.3, -0.25) is 9.59 Å². The fourth-order valence-corrected chi connectivity index (χ4v) is 3.85. The van der Waals surface area contributed by atoms with Crippen LogP contribution in [0.25, 0.3) is 0 Å². The molecule has 0 unspecified atom stereocenters. The lowest BCUT2D eigenvalue weighted by molar-refractivity contribution is -0.120. The molecule has 3 rings (SSSR count). The second-order valence-corrected chi connectivity index (χ2v) is 8.94. The Bertz CT molecular complexity index is 1220. The minimum atomic E-state index is -0.324. The number of carbonyl (C=O) groups excluding carboxylic acids is 2. The number of hydrogen-bond acceptors (Lipinski definition) is 5. The molecule has 0 bridgehead atoms. The Morgan fingerprint density at radius 2 is 1.83 bits per heavy atom. The lowest BCUT2D eigenvalue weighted by atomic mass is 10.2. The minimum Gasteiger partial charge on any atom is -0.497 e. The number of nitrogens with zero attached hydrogens (tertiary/aromatic N) is 1. The number of rotatable bonds is 10. The molecule has 10 heteroatoms. The van der Waals surface area contributed by atoms with Crippen molar-refractivity contribution in [2.45, 2.75) is 13.0 Å². The molecule has 0 aliphatic rings. The SMILES string of the molecule is COc1ccc(C(=O)NCCC(=O)NN=Cc2ccc(OCc3ccc(Cl)cc3Cl)c(Br)c2)cc1. The molecule has 2 amide bonds. The molecule has 0 heterocycles. The van der Waals surface area contributed by atoms with Gasteiger partial charge in [-0.05, 0) is 76.1 Å². The maximum Gasteiger partial charge on any atom is 0.251 e. The maximum absolute atomic E-state index is 12.1. The van der Waals surface area contributed by atoms with E-state index in [2.05, 4.69) is 31.8 Å². The molecule has 0 radical (unpaired) electrons. The van der Waals surface area contributed by atoms with Gasteiger partial charge in [0.25, 0.3) is 5.91 Å². The van der Waals surface area contributed by atoms with Crippen LogP contribution in [0.2, 0.25) is 10.0 Å². The van der Waals surface area contributed by atoms with E-state index in [9.17, 15) is 9.59 Å². The van der Waals surface area contributed by atoms with E-state index in [1.807, 2.05) is 12.1 Å². The summed E-state index contributed by atoms with van der Waals surface area (Å²) in [6.07, 6.45) is 1.60. The normalized spacial score (nSPS) is 10.7. The summed E-state index contributed by atoms with van der Waals surface area (Å²) in [4.78, 5) is 24.1. The second kappa shape index (κ2) is 13.1. The van der Waals surface area contributed by atoms with Crippen molar-refractivity contribution in [1.29, 1.82) is 0 Å². The van der Waals surface area contributed by atoms with Crippen LogP contribution in [0.3, 0.4) is 0 Å². The zero-order valence-electron chi connectivity index (χ0n) is 18.7. The van der Waals surface area contributed by atoms with Crippen molar-refractivity contribution in [2.75, 3.05) is 13.7 Å². The average Bonchev–Trinajstić information content (AvgIpc) is 2.84. The van der Waals surface area contributed by atoms with Crippen molar-refractivity contribution in [3.05, 3.63) is 91.9 Å². The van der Waals surface area contributed by atoms with E-state index in [1.54, 1.807) is 55.6 Å². The Morgan fingerprint density at radius 1 is 1.06 bits per heavy atom. The molecule has 182 valence electrons. The Balaban J connectivity index is 1.42. The summed E-state index contributed by atoms with van der Waals surface area (Å²) < 4.78 is 11.6. The molecule has 3 aromatic carbocycles. The van der Waals surface area contributed by atoms with Crippen LogP contribution >= 0.6 is 39.1 Å². The molecule has 3 aromatic rings. The first-order valence-corrected chi connectivity index (χ1v) is 12.0. The van der Waals surface area contributed by atoms with E-state index < -0.39 is 0 Å². The molecular weight excluding hydrogens is 557 g/mol. The number of ether oxygens (including phenoxy) is 2. The summed E-state index contributed by atoms with van der Waals surface area (Å²) >= 11 is 15.6. The van der Waals surface area contributed by atoms with Gasteiger partial charge >= 0.3 is 0 Å². The predicted molar refractivity (Wildman–Crippen MR) is 141 cm³/mol. The van der Waals surface area contributed by atoms with Crippen molar-refractivity contribution in [2.24, 2.45) is 5.10 Å². The molecule has 7 nitrogen and oxygen atoms in total. The fraction of sp³-hybridized carbons (Fsp3) is 0.160. The van der Waals surface area contributed by atoms with Gasteiger partial charge in [0.15, 0.2) is 0 Å². The zero-order valence-corrected chi connectivity index (χ0v) is 21.8. The molecule has 0 fully saturated rings. The van der Waals surface area contributed by atoms with Crippen molar-refractivity contribution >= 4 is 57.2 Å². The van der Waals surface area contributed by atoms with Gasteiger partial charge in [-0.1, -0.05) is 29.3 Å². The Morgan fingerprint density at radius 3 is 2.51 bits per heavy atom. The first kappa shape index (κ1) is 26.5. The third-order valence-corrected chi connectivity index (χ3v) is 5.95. The number of hydrogen-bond donors (Lipinski definition) is 2. The first-order valence-electron chi connectivity index (χ1n) is 10.5. The number of hydrazone groups is 1. The summed E-state index contributed by atoms with van der Waals surface area (Å²) in [7, 11) is 1.56. The molecular formula is C25H22BrCl2N3O4. The van der Waals surface area contributed by atoms with Crippen molar-refractivity contribution in [3.63, 3.8) is 0 Å². The molecule has 0 spiro atoms. The van der Waals surface area contributed by atoms with Crippen molar-refractivity contribution < 1.29 is 19.1 Å². The van der Waals surface area contributed by atoms with E-state index in [-0.39, 0.29) is 31.4 Å². The Labute approximate surface area is 221 Å². The van der Waals surface area contributed by atoms with Crippen LogP contribution in [0, 0.1) is 0 Å². The van der Waals surface area contributed by atoms with Crippen molar-refractivity contribution in [1.82, 2.24) is 10.7 Å². The quantitative estimate of drug-likeness (QED) is 0.242. The number of methoxy groups -OCH3 is 1. The van der Waals surface area contributed by atoms with Gasteiger partial charge < -0.3 is 14.8 Å². The van der Waals surface area contributed by atoms with Gasteiger partial charge in [0.2, 0.25) is 5.91 Å². The third kappa shape index (κ3) is 8.28. The molecule has 0 saturated heterocycles. The Hall–Kier alpha value is -3.07. The summed E-state index contributed by atoms with van der Waals surface area (Å²) in [6, 6.07) is 17.3. The minimum absolute atomic E-state index is 0.0863. The standard InChI is InChI=1S/C25H22BrCl2N3O4/c1-34-20-7-4-17(5-8-20)25(33)29-11-10-24(32)31-30-14-16-2-9-23(21(26)12-16)35-15-18-3-6-19(27)13-22(18)28/h2-9,12-14H,10-11,15H2,1H3,(H,29,33)(H,31,32). The molecule has 0 aromatic heterocycles. The molecule has 35 heavy (non-hydrogen) atoms. The number of amides is 2. The molecule has 2 N–H and O–H groups in total. The van der Waals surface area contributed by atoms with E-state index in [0.717, 1.165) is 15.6 Å². The van der Waals surface area contributed by atoms with Gasteiger partial charge in [0.1, 0.15) is 18.1 Å². The zero-order chi connectivity index (χ0) is 25.2. The highest BCUT2D eigenvalue weighted by molar-refractivity contribution is 9.10. The van der Waals surface area contributed by atoms with E-state index in [4.69, 9.17) is 32.7 Å². The highest BCUT2D eigenvalue weighted by atomic mass is 79.9. The van der Waals surface area contributed by atoms with Crippen LogP contribution in [0.1, 0.15) is 27.9 Å². The Kier molecular flexibility index (Phi) is 9.96. The lowest BCUT2D eigenvalue weighted by Gasteiger charge is -2.10. The highest BCUT2D eigenvalue weighted by Gasteiger charge is 2.08. The van der Waals surface area contributed by atoms with Crippen LogP contribution < -0.4 is 20.2 Å². The summed E-state index contributed by atoms with van der Waals surface area (Å²) in [5, 5.41) is 7.75. The molecule has 0 aliphatic heterocycles. The van der Waals surface area contributed by atoms with Crippen molar-refractivity contribution in [3.8, 4) is 11.5 Å². The van der Waals surface area contributed by atoms with Crippen LogP contribution in [-0.4, -0.2) is 31.7 Å². The van der Waals surface area contributed by atoms with Crippen LogP contribution in [-0.2, 0) is 11.4 Å². The monoisotopic (exact) mass is 577 g/mol. The van der Waals surface area contributed by atoms with Crippen LogP contribution in [0.15, 0.2) is 70.2 Å². The highest BCUT2D eigenvalue weighted by Crippen LogP contribution is 2.28. The number of halogens is 3. The smallest absolute Gasteiger partial charge is 0.251 e. The van der Waals surface area contributed by atoms with E-state index >= 15 is 0 Å². The van der Waals surface area contributed by atoms with Crippen LogP contribution in [0.5, 0.6) is 11.5 Å². The number of carbonyl (C=O) groups is 2. The number of nitrogens with one attached hydrogen (secondary N) is 2. The molecule has 0 saturated carbocycles. The van der Waals surface area contributed by atoms with Gasteiger partial charge in [0, 0.05) is 34.1 Å². The lowest BCUT2D eigenvalue weighted by Crippen LogP contribution is -2.29. The van der Waals surface area contributed by atoms with E-state index in [0.29, 0.717) is 27.1 Å². The van der Waals surface area contributed by atoms with Crippen LogP contribution in [0.4, 0.5) is 0 Å². The summed E-state index contributed by atoms with van der Waals surface area (Å²) in [5.74, 6) is 0.699. The van der Waals surface area contributed by atoms with Gasteiger partial charge in [-0.15, -0.1) is 0 Å². The summed E-state index contributed by atoms with van der Waals surface area (Å²) in [6.45, 7) is 0.467. The topological polar surface area (TPSA) is 89.0 Å². The predicted octanol–water partition coefficient (Wildman–Crippen LogP) is 5.61. The molecule has 0 aliphatic carbocycles. The molecule has 0 atom stereocenters. The third-order valence-electron chi connectivity index (χ3n) is 4.75. The van der Waals surface area contributed by atoms with E-state index in [1.165, 1.54) is 6.21 Å². The second-order valence-electron chi connectivity index (χ2n) is 7.24. The first-order chi connectivity index (χ1) is 16.9.